The predicted molar refractivity (Wildman–Crippen MR) is 54.9 cm³/mol. The second kappa shape index (κ2) is 4.80. The van der Waals surface area contributed by atoms with Gasteiger partial charge < -0.3 is 9.84 Å². The lowest BCUT2D eigenvalue weighted by molar-refractivity contribution is 0.0372. The fourth-order valence-corrected chi connectivity index (χ4v) is 1.52. The van der Waals surface area contributed by atoms with Gasteiger partial charge in [0.2, 0.25) is 10.0 Å². The number of nitrogens with zero attached hydrogens (tertiary/aromatic N) is 1. The summed E-state index contributed by atoms with van der Waals surface area (Å²) in [6.45, 7) is 4.15. The van der Waals surface area contributed by atoms with Gasteiger partial charge in [0.15, 0.2) is 0 Å². The molecule has 1 amide bonds. The van der Waals surface area contributed by atoms with Crippen LogP contribution < -0.4 is 0 Å². The second-order valence-electron chi connectivity index (χ2n) is 4.04. The second-order valence-corrected chi connectivity index (χ2v) is 5.95. The van der Waals surface area contributed by atoms with E-state index in [1.165, 1.54) is 0 Å². The first-order valence-electron chi connectivity index (χ1n) is 4.39. The van der Waals surface area contributed by atoms with Gasteiger partial charge in [0.1, 0.15) is 5.60 Å². The fraction of sp³-hybridized carbons (Fsp3) is 0.875. The molecular weight excluding hydrogens is 222 g/mol. The molecule has 0 saturated heterocycles. The summed E-state index contributed by atoms with van der Waals surface area (Å²) in [6.07, 6.45) is -0.0916. The van der Waals surface area contributed by atoms with Crippen LogP contribution in [-0.4, -0.2) is 48.9 Å². The molecule has 0 aliphatic carbocycles. The van der Waals surface area contributed by atoms with Gasteiger partial charge in [0.05, 0.1) is 19.4 Å². The van der Waals surface area contributed by atoms with E-state index in [4.69, 9.17) is 9.84 Å². The highest BCUT2D eigenvalue weighted by Crippen LogP contribution is 2.11. The molecule has 0 atom stereocenters. The molecule has 0 aromatic heterocycles. The number of ether oxygens (including phenoxy) is 1. The van der Waals surface area contributed by atoms with Crippen molar-refractivity contribution in [3.63, 3.8) is 0 Å². The van der Waals surface area contributed by atoms with E-state index in [0.29, 0.717) is 4.31 Å². The Morgan fingerprint density at radius 1 is 1.40 bits per heavy atom. The molecule has 0 spiro atoms. The van der Waals surface area contributed by atoms with Crippen molar-refractivity contribution in [1.29, 1.82) is 0 Å². The van der Waals surface area contributed by atoms with Crippen molar-refractivity contribution >= 4 is 16.1 Å². The summed E-state index contributed by atoms with van der Waals surface area (Å²) in [5.41, 5.74) is -0.768. The Hall–Kier alpha value is -0.820. The third-order valence-corrected chi connectivity index (χ3v) is 2.43. The molecule has 90 valence electrons. The maximum atomic E-state index is 11.4. The molecule has 15 heavy (non-hydrogen) atoms. The van der Waals surface area contributed by atoms with Crippen molar-refractivity contribution in [2.45, 2.75) is 26.4 Å². The summed E-state index contributed by atoms with van der Waals surface area (Å²) in [7, 11) is -3.70. The molecule has 0 bridgehead atoms. The number of amides is 1. The zero-order valence-electron chi connectivity index (χ0n) is 9.35. The van der Waals surface area contributed by atoms with Gasteiger partial charge in [-0.15, -0.1) is 0 Å². The molecule has 0 fully saturated rings. The predicted octanol–water partition coefficient (Wildman–Crippen LogP) is 0.175. The molecule has 0 unspecified atom stereocenters. The van der Waals surface area contributed by atoms with Crippen molar-refractivity contribution < 1.29 is 23.1 Å². The molecule has 1 N–H and O–H groups in total. The zero-order chi connectivity index (χ0) is 12.3. The average Bonchev–Trinajstić information content (AvgIpc) is 1.93. The molecule has 0 aromatic carbocycles. The number of carbonyl (C=O) groups excluding carboxylic acids is 1. The number of aliphatic hydroxyl groups excluding tert-OH is 1. The van der Waals surface area contributed by atoms with Crippen LogP contribution in [0.2, 0.25) is 0 Å². The third-order valence-electron chi connectivity index (χ3n) is 1.30. The molecule has 0 radical (unpaired) electrons. The van der Waals surface area contributed by atoms with Gasteiger partial charge in [0, 0.05) is 0 Å². The summed E-state index contributed by atoms with van der Waals surface area (Å²) >= 11 is 0. The first kappa shape index (κ1) is 14.2. The molecule has 7 heteroatoms. The largest absolute Gasteiger partial charge is 0.443 e. The number of hydrogen-bond acceptors (Lipinski definition) is 5. The van der Waals surface area contributed by atoms with Crippen molar-refractivity contribution in [3.8, 4) is 0 Å². The Balaban J connectivity index is 4.74. The molecular formula is C8H17NO5S. The van der Waals surface area contributed by atoms with E-state index in [9.17, 15) is 13.2 Å². The van der Waals surface area contributed by atoms with Crippen LogP contribution >= 0.6 is 0 Å². The van der Waals surface area contributed by atoms with Gasteiger partial charge in [-0.05, 0) is 20.8 Å². The van der Waals surface area contributed by atoms with Crippen LogP contribution in [0.4, 0.5) is 4.79 Å². The van der Waals surface area contributed by atoms with Crippen LogP contribution in [0.1, 0.15) is 20.8 Å². The molecule has 0 aliphatic heterocycles. The van der Waals surface area contributed by atoms with E-state index < -0.39 is 28.3 Å². The van der Waals surface area contributed by atoms with E-state index >= 15 is 0 Å². The Labute approximate surface area is 89.9 Å². The highest BCUT2D eigenvalue weighted by atomic mass is 32.2. The standard InChI is InChI=1S/C8H17NO5S/c1-8(2,3)14-7(11)9(5-6-10)15(4,12)13/h10H,5-6H2,1-4H3. The van der Waals surface area contributed by atoms with Crippen molar-refractivity contribution in [1.82, 2.24) is 4.31 Å². The maximum Gasteiger partial charge on any atom is 0.424 e. The Kier molecular flexibility index (Phi) is 4.54. The average molecular weight is 239 g/mol. The zero-order valence-corrected chi connectivity index (χ0v) is 10.2. The minimum absolute atomic E-state index is 0.298. The van der Waals surface area contributed by atoms with E-state index in [0.717, 1.165) is 6.26 Å². The van der Waals surface area contributed by atoms with E-state index in [1.54, 1.807) is 20.8 Å². The lowest BCUT2D eigenvalue weighted by Gasteiger charge is -2.25. The normalized spacial score (nSPS) is 12.3. The summed E-state index contributed by atoms with van der Waals surface area (Å²) in [4.78, 5) is 11.4. The molecule has 0 heterocycles. The van der Waals surface area contributed by atoms with E-state index in [1.807, 2.05) is 0 Å². The van der Waals surface area contributed by atoms with Crippen LogP contribution in [0.25, 0.3) is 0 Å². The van der Waals surface area contributed by atoms with Crippen LogP contribution in [0.15, 0.2) is 0 Å². The lowest BCUT2D eigenvalue weighted by Crippen LogP contribution is -2.41. The Morgan fingerprint density at radius 3 is 2.13 bits per heavy atom. The van der Waals surface area contributed by atoms with E-state index in [2.05, 4.69) is 0 Å². The molecule has 0 aliphatic rings. The fourth-order valence-electron chi connectivity index (χ4n) is 0.796. The summed E-state index contributed by atoms with van der Waals surface area (Å²) in [5.74, 6) is 0. The Bertz CT molecular complexity index is 316. The van der Waals surface area contributed by atoms with Crippen LogP contribution in [0.5, 0.6) is 0 Å². The summed E-state index contributed by atoms with van der Waals surface area (Å²) in [6, 6.07) is 0. The van der Waals surface area contributed by atoms with Crippen LogP contribution in [0.3, 0.4) is 0 Å². The van der Waals surface area contributed by atoms with Crippen LogP contribution in [-0.2, 0) is 14.8 Å². The first-order chi connectivity index (χ1) is 6.58. The maximum absolute atomic E-state index is 11.4. The van der Waals surface area contributed by atoms with Gasteiger partial charge in [-0.3, -0.25) is 0 Å². The van der Waals surface area contributed by atoms with Gasteiger partial charge in [0.25, 0.3) is 0 Å². The number of hydrogen-bond donors (Lipinski definition) is 1. The quantitative estimate of drug-likeness (QED) is 0.759. The van der Waals surface area contributed by atoms with Gasteiger partial charge in [-0.2, -0.15) is 0 Å². The highest BCUT2D eigenvalue weighted by molar-refractivity contribution is 7.88. The van der Waals surface area contributed by atoms with Crippen LogP contribution in [0, 0.1) is 0 Å². The first-order valence-corrected chi connectivity index (χ1v) is 6.24. The van der Waals surface area contributed by atoms with Crippen molar-refractivity contribution in [2.75, 3.05) is 19.4 Å². The van der Waals surface area contributed by atoms with Crippen molar-refractivity contribution in [2.24, 2.45) is 0 Å². The van der Waals surface area contributed by atoms with Gasteiger partial charge in [-0.1, -0.05) is 0 Å². The minimum Gasteiger partial charge on any atom is -0.443 e. The van der Waals surface area contributed by atoms with E-state index in [-0.39, 0.29) is 6.54 Å². The van der Waals surface area contributed by atoms with Gasteiger partial charge in [-0.25, -0.2) is 17.5 Å². The number of rotatable bonds is 3. The minimum atomic E-state index is -3.70. The summed E-state index contributed by atoms with van der Waals surface area (Å²) in [5, 5.41) is 8.63. The number of sulfonamides is 1. The monoisotopic (exact) mass is 239 g/mol. The molecule has 0 aromatic rings. The smallest absolute Gasteiger partial charge is 0.424 e. The topological polar surface area (TPSA) is 83.9 Å². The number of aliphatic hydroxyl groups is 1. The molecule has 0 saturated carbocycles. The van der Waals surface area contributed by atoms with Crippen molar-refractivity contribution in [3.05, 3.63) is 0 Å². The molecule has 6 nitrogen and oxygen atoms in total. The SMILES string of the molecule is CC(C)(C)OC(=O)N(CCO)S(C)(=O)=O. The lowest BCUT2D eigenvalue weighted by atomic mass is 10.2. The number of carbonyl (C=O) groups is 1. The third kappa shape index (κ3) is 5.58. The summed E-state index contributed by atoms with van der Waals surface area (Å²) < 4.78 is 27.7. The molecule has 0 rings (SSSR count). The highest BCUT2D eigenvalue weighted by Gasteiger charge is 2.27. The van der Waals surface area contributed by atoms with Gasteiger partial charge >= 0.3 is 6.09 Å². The Morgan fingerprint density at radius 2 is 1.87 bits per heavy atom.